The number of carbonyl (C=O) groups excluding carboxylic acids is 1. The molecule has 0 saturated carbocycles. The zero-order valence-electron chi connectivity index (χ0n) is 7.98. The van der Waals surface area contributed by atoms with Gasteiger partial charge in [-0.25, -0.2) is 4.79 Å². The summed E-state index contributed by atoms with van der Waals surface area (Å²) in [5, 5.41) is 0. The molecule has 0 aromatic carbocycles. The molecular formula is C7H14O5Si. The van der Waals surface area contributed by atoms with Gasteiger partial charge in [0.15, 0.2) is 0 Å². The smallest absolute Gasteiger partial charge is 0.458 e. The summed E-state index contributed by atoms with van der Waals surface area (Å²) in [6.07, 6.45) is 3.10. The van der Waals surface area contributed by atoms with E-state index in [2.05, 4.69) is 4.74 Å². The zero-order chi connectivity index (χ0) is 10.1. The predicted molar refractivity (Wildman–Crippen MR) is 48.3 cm³/mol. The second-order valence-corrected chi connectivity index (χ2v) is 4.02. The normalized spacial score (nSPS) is 14.0. The van der Waals surface area contributed by atoms with E-state index in [-0.39, 0.29) is 5.97 Å². The number of hydrogen-bond acceptors (Lipinski definition) is 5. The van der Waals surface area contributed by atoms with Crippen LogP contribution in [0, 0.1) is 0 Å². The second-order valence-electron chi connectivity index (χ2n) is 2.03. The van der Waals surface area contributed by atoms with Crippen LogP contribution in [0.3, 0.4) is 0 Å². The van der Waals surface area contributed by atoms with Gasteiger partial charge >= 0.3 is 15.5 Å². The topological polar surface area (TPSA) is 54.0 Å². The number of rotatable bonds is 3. The molecule has 76 valence electrons. The maximum atomic E-state index is 9.93. The SMILES string of the molecule is CO[SiH](OC)OC.O=C1C=CCO1. The molecule has 0 aromatic rings. The summed E-state index contributed by atoms with van der Waals surface area (Å²) in [5.74, 6) is -0.227. The Morgan fingerprint density at radius 1 is 1.31 bits per heavy atom. The monoisotopic (exact) mass is 206 g/mol. The molecule has 0 N–H and O–H groups in total. The van der Waals surface area contributed by atoms with Gasteiger partial charge in [-0.1, -0.05) is 0 Å². The molecule has 0 unspecified atom stereocenters. The van der Waals surface area contributed by atoms with E-state index in [1.165, 1.54) is 6.08 Å². The quantitative estimate of drug-likeness (QED) is 0.470. The van der Waals surface area contributed by atoms with Gasteiger partial charge in [0.05, 0.1) is 0 Å². The third kappa shape index (κ3) is 6.47. The van der Waals surface area contributed by atoms with E-state index in [4.69, 9.17) is 13.3 Å². The first-order valence-corrected chi connectivity index (χ1v) is 5.07. The average Bonchev–Trinajstić information content (AvgIpc) is 2.60. The first-order valence-electron chi connectivity index (χ1n) is 3.66. The van der Waals surface area contributed by atoms with Gasteiger partial charge in [-0.05, 0) is 6.08 Å². The first-order chi connectivity index (χ1) is 6.24. The van der Waals surface area contributed by atoms with Crippen molar-refractivity contribution in [1.82, 2.24) is 0 Å². The van der Waals surface area contributed by atoms with Gasteiger partial charge < -0.3 is 18.0 Å². The number of ether oxygens (including phenoxy) is 1. The van der Waals surface area contributed by atoms with Crippen molar-refractivity contribution < 1.29 is 22.8 Å². The van der Waals surface area contributed by atoms with Gasteiger partial charge in [0.2, 0.25) is 0 Å². The van der Waals surface area contributed by atoms with Gasteiger partial charge in [0.1, 0.15) is 6.61 Å². The number of cyclic esters (lactones) is 1. The van der Waals surface area contributed by atoms with Crippen LogP contribution in [0.15, 0.2) is 12.2 Å². The van der Waals surface area contributed by atoms with Crippen LogP contribution in [0.5, 0.6) is 0 Å². The van der Waals surface area contributed by atoms with E-state index in [9.17, 15) is 4.79 Å². The highest BCUT2D eigenvalue weighted by molar-refractivity contribution is 6.36. The lowest BCUT2D eigenvalue weighted by atomic mass is 10.6. The first kappa shape index (κ1) is 12.3. The van der Waals surface area contributed by atoms with Gasteiger partial charge in [-0.3, -0.25) is 0 Å². The number of hydrogen-bond donors (Lipinski definition) is 0. The van der Waals surface area contributed by atoms with Crippen LogP contribution in [0.1, 0.15) is 0 Å². The van der Waals surface area contributed by atoms with Crippen molar-refractivity contribution in [3.8, 4) is 0 Å². The third-order valence-electron chi connectivity index (χ3n) is 1.15. The number of esters is 1. The van der Waals surface area contributed by atoms with Crippen LogP contribution in [-0.4, -0.2) is 43.4 Å². The number of carbonyl (C=O) groups is 1. The summed E-state index contributed by atoms with van der Waals surface area (Å²) in [5.41, 5.74) is 0. The lowest BCUT2D eigenvalue weighted by Crippen LogP contribution is -2.21. The average molecular weight is 206 g/mol. The predicted octanol–water partition coefficient (Wildman–Crippen LogP) is -0.258. The fraction of sp³-hybridized carbons (Fsp3) is 0.571. The van der Waals surface area contributed by atoms with Crippen LogP contribution in [-0.2, 0) is 22.8 Å². The molecule has 0 radical (unpaired) electrons. The molecule has 1 aliphatic rings. The van der Waals surface area contributed by atoms with Gasteiger partial charge in [0, 0.05) is 27.4 Å². The van der Waals surface area contributed by atoms with E-state index >= 15 is 0 Å². The Bertz CT molecular complexity index is 161. The van der Waals surface area contributed by atoms with Crippen molar-refractivity contribution in [2.24, 2.45) is 0 Å². The Morgan fingerprint density at radius 3 is 1.92 bits per heavy atom. The standard InChI is InChI=1S/C4H4O2.C3H10O3Si/c5-4-2-1-3-6-4;1-4-7(5-2)6-3/h1-2H,3H2;7H,1-3H3. The summed E-state index contributed by atoms with van der Waals surface area (Å²) < 4.78 is 18.6. The lowest BCUT2D eigenvalue weighted by Gasteiger charge is -2.05. The molecule has 6 heteroatoms. The van der Waals surface area contributed by atoms with Crippen molar-refractivity contribution in [1.29, 1.82) is 0 Å². The molecule has 5 nitrogen and oxygen atoms in total. The molecule has 0 spiro atoms. The molecule has 0 aliphatic carbocycles. The minimum Gasteiger partial charge on any atom is -0.458 e. The van der Waals surface area contributed by atoms with E-state index in [0.29, 0.717) is 6.61 Å². The summed E-state index contributed by atoms with van der Waals surface area (Å²) in [4.78, 5) is 9.93. The summed E-state index contributed by atoms with van der Waals surface area (Å²) in [7, 11) is 3.05. The molecule has 0 amide bonds. The molecule has 1 aliphatic heterocycles. The second kappa shape index (κ2) is 7.93. The maximum Gasteiger partial charge on any atom is 0.483 e. The van der Waals surface area contributed by atoms with Crippen molar-refractivity contribution in [3.63, 3.8) is 0 Å². The Balaban J connectivity index is 0.000000223. The highest BCUT2D eigenvalue weighted by atomic mass is 28.3. The lowest BCUT2D eigenvalue weighted by molar-refractivity contribution is -0.134. The molecule has 1 heterocycles. The molecule has 0 saturated heterocycles. The minimum absolute atomic E-state index is 0.227. The van der Waals surface area contributed by atoms with E-state index < -0.39 is 9.53 Å². The highest BCUT2D eigenvalue weighted by Gasteiger charge is 2.04. The third-order valence-corrected chi connectivity index (χ3v) is 2.31. The Morgan fingerprint density at radius 2 is 1.85 bits per heavy atom. The molecular weight excluding hydrogens is 192 g/mol. The van der Waals surface area contributed by atoms with E-state index in [1.807, 2.05) is 0 Å². The van der Waals surface area contributed by atoms with Gasteiger partial charge in [-0.15, -0.1) is 0 Å². The van der Waals surface area contributed by atoms with Crippen molar-refractivity contribution in [2.45, 2.75) is 0 Å². The van der Waals surface area contributed by atoms with Crippen LogP contribution < -0.4 is 0 Å². The largest absolute Gasteiger partial charge is 0.483 e. The minimum atomic E-state index is -1.67. The van der Waals surface area contributed by atoms with Crippen LogP contribution >= 0.6 is 0 Å². The molecule has 1 rings (SSSR count). The molecule has 0 aromatic heterocycles. The molecule has 0 bridgehead atoms. The maximum absolute atomic E-state index is 9.93. The fourth-order valence-corrected chi connectivity index (χ4v) is 1.19. The van der Waals surface area contributed by atoms with Crippen LogP contribution in [0.25, 0.3) is 0 Å². The Kier molecular flexibility index (Phi) is 7.51. The highest BCUT2D eigenvalue weighted by Crippen LogP contribution is 1.89. The van der Waals surface area contributed by atoms with Gasteiger partial charge in [-0.2, -0.15) is 0 Å². The van der Waals surface area contributed by atoms with E-state index in [1.54, 1.807) is 27.4 Å². The Hall–Kier alpha value is -0.693. The summed E-state index contributed by atoms with van der Waals surface area (Å²) in [6.45, 7) is 0.457. The summed E-state index contributed by atoms with van der Waals surface area (Å²) in [6, 6.07) is 0. The zero-order valence-corrected chi connectivity index (χ0v) is 9.14. The van der Waals surface area contributed by atoms with Crippen LogP contribution in [0.2, 0.25) is 0 Å². The molecule has 0 fully saturated rings. The van der Waals surface area contributed by atoms with Crippen molar-refractivity contribution in [2.75, 3.05) is 27.9 Å². The molecule has 13 heavy (non-hydrogen) atoms. The van der Waals surface area contributed by atoms with Crippen molar-refractivity contribution >= 4 is 15.5 Å². The summed E-state index contributed by atoms with van der Waals surface area (Å²) >= 11 is 0. The van der Waals surface area contributed by atoms with E-state index in [0.717, 1.165) is 0 Å². The molecule has 0 atom stereocenters. The van der Waals surface area contributed by atoms with Crippen LogP contribution in [0.4, 0.5) is 0 Å². The van der Waals surface area contributed by atoms with Gasteiger partial charge in [0.25, 0.3) is 0 Å². The fourth-order valence-electron chi connectivity index (χ4n) is 0.611. The van der Waals surface area contributed by atoms with Crippen molar-refractivity contribution in [3.05, 3.63) is 12.2 Å². The Labute approximate surface area is 79.2 Å².